The topological polar surface area (TPSA) is 12.0 Å². The average Bonchev–Trinajstić information content (AvgIpc) is 2.77. The lowest BCUT2D eigenvalue weighted by Crippen LogP contribution is -2.23. The van der Waals surface area contributed by atoms with Crippen LogP contribution < -0.4 is 5.32 Å². The van der Waals surface area contributed by atoms with E-state index in [0.29, 0.717) is 6.04 Å². The van der Waals surface area contributed by atoms with E-state index in [2.05, 4.69) is 60.0 Å². The molecule has 0 radical (unpaired) electrons. The lowest BCUT2D eigenvalue weighted by atomic mass is 9.99. The van der Waals surface area contributed by atoms with Crippen LogP contribution in [0.3, 0.4) is 0 Å². The maximum absolute atomic E-state index is 3.65. The molecule has 16 heavy (non-hydrogen) atoms. The number of rotatable bonds is 3. The molecule has 1 unspecified atom stereocenters. The Morgan fingerprint density at radius 2 is 2.00 bits per heavy atom. The molecule has 0 aliphatic heterocycles. The van der Waals surface area contributed by atoms with E-state index in [-0.39, 0.29) is 0 Å². The van der Waals surface area contributed by atoms with Gasteiger partial charge in [0.15, 0.2) is 0 Å². The molecular weight excluding hydrogens is 309 g/mol. The van der Waals surface area contributed by atoms with Crippen LogP contribution in [0.2, 0.25) is 0 Å². The van der Waals surface area contributed by atoms with Crippen LogP contribution in [0.5, 0.6) is 0 Å². The Morgan fingerprint density at radius 1 is 1.31 bits per heavy atom. The normalized spacial score (nSPS) is 18.7. The van der Waals surface area contributed by atoms with E-state index in [9.17, 15) is 0 Å². The molecule has 0 heterocycles. The quantitative estimate of drug-likeness (QED) is 0.800. The zero-order valence-electron chi connectivity index (χ0n) is 10.1. The molecule has 1 saturated carbocycles. The van der Waals surface area contributed by atoms with E-state index in [1.165, 1.54) is 40.5 Å². The van der Waals surface area contributed by atoms with Crippen molar-refractivity contribution < 1.29 is 0 Å². The summed E-state index contributed by atoms with van der Waals surface area (Å²) in [5, 5.41) is 3.65. The van der Waals surface area contributed by atoms with Gasteiger partial charge in [-0.3, -0.25) is 0 Å². The molecule has 1 aromatic carbocycles. The van der Waals surface area contributed by atoms with Crippen molar-refractivity contribution in [1.29, 1.82) is 0 Å². The van der Waals surface area contributed by atoms with E-state index in [4.69, 9.17) is 0 Å². The Morgan fingerprint density at radius 3 is 2.62 bits per heavy atom. The Bertz CT molecular complexity index is 356. The van der Waals surface area contributed by atoms with Gasteiger partial charge in [0, 0.05) is 15.3 Å². The summed E-state index contributed by atoms with van der Waals surface area (Å²) < 4.78 is 1.35. The molecule has 0 amide bonds. The summed E-state index contributed by atoms with van der Waals surface area (Å²) >= 11 is 2.41. The summed E-state index contributed by atoms with van der Waals surface area (Å²) in [6.07, 6.45) is 5.64. The molecule has 88 valence electrons. The van der Waals surface area contributed by atoms with Gasteiger partial charge in [-0.05, 0) is 72.9 Å². The van der Waals surface area contributed by atoms with E-state index in [1.54, 1.807) is 0 Å². The van der Waals surface area contributed by atoms with E-state index >= 15 is 0 Å². The maximum atomic E-state index is 3.65. The third kappa shape index (κ3) is 2.90. The number of nitrogens with one attached hydrogen (secondary N) is 1. The summed E-state index contributed by atoms with van der Waals surface area (Å²) in [5.74, 6) is 0.874. The summed E-state index contributed by atoms with van der Waals surface area (Å²) in [7, 11) is 0. The highest BCUT2D eigenvalue weighted by Gasteiger charge is 2.21. The first-order chi connectivity index (χ1) is 7.66. The average molecular weight is 329 g/mol. The van der Waals surface area contributed by atoms with Crippen molar-refractivity contribution in [3.05, 3.63) is 27.3 Å². The molecule has 1 fully saturated rings. The van der Waals surface area contributed by atoms with Gasteiger partial charge in [-0.1, -0.05) is 18.9 Å². The molecule has 0 aromatic heterocycles. The number of benzene rings is 1. The summed E-state index contributed by atoms with van der Waals surface area (Å²) in [6, 6.07) is 7.26. The van der Waals surface area contributed by atoms with Gasteiger partial charge in [0.05, 0.1) is 0 Å². The molecule has 1 nitrogen and oxygen atoms in total. The predicted molar refractivity (Wildman–Crippen MR) is 78.9 cm³/mol. The first kappa shape index (κ1) is 12.2. The van der Waals surface area contributed by atoms with Crippen molar-refractivity contribution in [1.82, 2.24) is 0 Å². The fraction of sp³-hybridized carbons (Fsp3) is 0.571. The highest BCUT2D eigenvalue weighted by Crippen LogP contribution is 2.29. The van der Waals surface area contributed by atoms with Gasteiger partial charge in [-0.2, -0.15) is 0 Å². The van der Waals surface area contributed by atoms with Gasteiger partial charge in [-0.25, -0.2) is 0 Å². The first-order valence-electron chi connectivity index (χ1n) is 6.19. The van der Waals surface area contributed by atoms with Crippen molar-refractivity contribution in [2.75, 3.05) is 5.32 Å². The zero-order valence-corrected chi connectivity index (χ0v) is 12.3. The standard InChI is InChI=1S/C14H20IN/c1-10-7-8-13(9-14(10)15)16-11(2)12-5-3-4-6-12/h7-9,11-12,16H,3-6H2,1-2H3. The number of hydrogen-bond acceptors (Lipinski definition) is 1. The molecule has 1 N–H and O–H groups in total. The Kier molecular flexibility index (Phi) is 4.11. The van der Waals surface area contributed by atoms with Crippen LogP contribution >= 0.6 is 22.6 Å². The van der Waals surface area contributed by atoms with Crippen LogP contribution in [0.4, 0.5) is 5.69 Å². The molecule has 1 atom stereocenters. The fourth-order valence-corrected chi connectivity index (χ4v) is 3.04. The van der Waals surface area contributed by atoms with Crippen LogP contribution in [0.25, 0.3) is 0 Å². The minimum atomic E-state index is 0.612. The summed E-state index contributed by atoms with van der Waals surface area (Å²) in [5.41, 5.74) is 2.63. The Balaban J connectivity index is 1.99. The van der Waals surface area contributed by atoms with Gasteiger partial charge in [0.2, 0.25) is 0 Å². The van der Waals surface area contributed by atoms with Crippen molar-refractivity contribution in [3.63, 3.8) is 0 Å². The van der Waals surface area contributed by atoms with Crippen molar-refractivity contribution in [3.8, 4) is 0 Å². The third-order valence-electron chi connectivity index (χ3n) is 3.67. The Labute approximate surface area is 112 Å². The van der Waals surface area contributed by atoms with Crippen LogP contribution in [-0.2, 0) is 0 Å². The second-order valence-electron chi connectivity index (χ2n) is 4.94. The molecule has 0 bridgehead atoms. The highest BCUT2D eigenvalue weighted by atomic mass is 127. The van der Waals surface area contributed by atoms with Gasteiger partial charge in [0.25, 0.3) is 0 Å². The minimum absolute atomic E-state index is 0.612. The fourth-order valence-electron chi connectivity index (χ4n) is 2.52. The molecule has 2 rings (SSSR count). The van der Waals surface area contributed by atoms with Gasteiger partial charge < -0.3 is 5.32 Å². The lowest BCUT2D eigenvalue weighted by molar-refractivity contribution is 0.482. The lowest BCUT2D eigenvalue weighted by Gasteiger charge is -2.21. The highest BCUT2D eigenvalue weighted by molar-refractivity contribution is 14.1. The smallest absolute Gasteiger partial charge is 0.0353 e. The van der Waals surface area contributed by atoms with E-state index in [1.807, 2.05) is 0 Å². The Hall–Kier alpha value is -0.250. The summed E-state index contributed by atoms with van der Waals surface area (Å²) in [4.78, 5) is 0. The second kappa shape index (κ2) is 5.39. The molecule has 1 aromatic rings. The molecule has 1 aliphatic rings. The minimum Gasteiger partial charge on any atom is -0.382 e. The van der Waals surface area contributed by atoms with Crippen LogP contribution in [0.15, 0.2) is 18.2 Å². The van der Waals surface area contributed by atoms with Crippen LogP contribution in [0, 0.1) is 16.4 Å². The first-order valence-corrected chi connectivity index (χ1v) is 7.27. The largest absolute Gasteiger partial charge is 0.382 e. The molecule has 0 saturated heterocycles. The van der Waals surface area contributed by atoms with Crippen molar-refractivity contribution >= 4 is 28.3 Å². The summed E-state index contributed by atoms with van der Waals surface area (Å²) in [6.45, 7) is 4.48. The third-order valence-corrected chi connectivity index (χ3v) is 4.84. The zero-order chi connectivity index (χ0) is 11.5. The molecule has 1 aliphatic carbocycles. The monoisotopic (exact) mass is 329 g/mol. The number of aryl methyl sites for hydroxylation is 1. The number of halogens is 1. The van der Waals surface area contributed by atoms with Crippen LogP contribution in [0.1, 0.15) is 38.2 Å². The molecule has 2 heteroatoms. The van der Waals surface area contributed by atoms with E-state index in [0.717, 1.165) is 5.92 Å². The van der Waals surface area contributed by atoms with Gasteiger partial charge in [0.1, 0.15) is 0 Å². The van der Waals surface area contributed by atoms with Crippen LogP contribution in [-0.4, -0.2) is 6.04 Å². The van der Waals surface area contributed by atoms with Gasteiger partial charge >= 0.3 is 0 Å². The maximum Gasteiger partial charge on any atom is 0.0353 e. The predicted octanol–water partition coefficient (Wildman–Crippen LogP) is 4.59. The second-order valence-corrected chi connectivity index (χ2v) is 6.10. The van der Waals surface area contributed by atoms with Crippen molar-refractivity contribution in [2.24, 2.45) is 5.92 Å². The SMILES string of the molecule is Cc1ccc(NC(C)C2CCCC2)cc1I. The number of anilines is 1. The van der Waals surface area contributed by atoms with Gasteiger partial charge in [-0.15, -0.1) is 0 Å². The van der Waals surface area contributed by atoms with E-state index < -0.39 is 0 Å². The molecular formula is C14H20IN. The van der Waals surface area contributed by atoms with Crippen molar-refractivity contribution in [2.45, 2.75) is 45.6 Å². The number of hydrogen-bond donors (Lipinski definition) is 1. The molecule has 0 spiro atoms.